The molecule has 0 unspecified atom stereocenters. The van der Waals surface area contributed by atoms with Crippen LogP contribution in [0.3, 0.4) is 0 Å². The number of thiazole rings is 1. The van der Waals surface area contributed by atoms with E-state index in [-0.39, 0.29) is 11.7 Å². The molecule has 1 N–H and O–H groups in total. The average molecular weight is 306 g/mol. The Bertz CT molecular complexity index is 588. The second-order valence-electron chi connectivity index (χ2n) is 4.95. The van der Waals surface area contributed by atoms with Gasteiger partial charge in [0.15, 0.2) is 5.13 Å². The highest BCUT2D eigenvalue weighted by Crippen LogP contribution is 2.19. The van der Waals surface area contributed by atoms with Crippen molar-refractivity contribution >= 4 is 22.4 Å². The molecular formula is C13H18N6OS. The summed E-state index contributed by atoms with van der Waals surface area (Å²) in [5.74, 6) is 0.968. The van der Waals surface area contributed by atoms with Crippen molar-refractivity contribution < 1.29 is 4.79 Å². The number of nitrogens with one attached hydrogen (secondary N) is 1. The van der Waals surface area contributed by atoms with Crippen LogP contribution in [0.5, 0.6) is 0 Å². The predicted molar refractivity (Wildman–Crippen MR) is 80.6 cm³/mol. The van der Waals surface area contributed by atoms with Crippen molar-refractivity contribution in [2.24, 2.45) is 0 Å². The molecule has 0 saturated carbocycles. The van der Waals surface area contributed by atoms with Crippen LogP contribution in [0.4, 0.5) is 5.13 Å². The first-order valence-electron chi connectivity index (χ1n) is 7.13. The topological polar surface area (TPSA) is 78.0 Å². The van der Waals surface area contributed by atoms with Gasteiger partial charge in [0.25, 0.3) is 5.91 Å². The Morgan fingerprint density at radius 2 is 2.19 bits per heavy atom. The molecule has 112 valence electrons. The largest absolute Gasteiger partial charge is 0.345 e. The summed E-state index contributed by atoms with van der Waals surface area (Å²) in [7, 11) is 0. The molecule has 1 aliphatic rings. The van der Waals surface area contributed by atoms with E-state index in [9.17, 15) is 4.79 Å². The third-order valence-corrected chi connectivity index (χ3v) is 4.30. The van der Waals surface area contributed by atoms with Crippen molar-refractivity contribution in [1.29, 1.82) is 0 Å². The summed E-state index contributed by atoms with van der Waals surface area (Å²) >= 11 is 1.63. The van der Waals surface area contributed by atoms with Gasteiger partial charge in [0, 0.05) is 44.2 Å². The summed E-state index contributed by atoms with van der Waals surface area (Å²) in [5, 5.41) is 9.84. The van der Waals surface area contributed by atoms with Gasteiger partial charge in [0.1, 0.15) is 5.82 Å². The summed E-state index contributed by atoms with van der Waals surface area (Å²) in [6.07, 6.45) is 3.61. The molecule has 0 spiro atoms. The van der Waals surface area contributed by atoms with E-state index in [0.29, 0.717) is 13.1 Å². The molecule has 8 heteroatoms. The predicted octanol–water partition coefficient (Wildman–Crippen LogP) is 1.18. The normalized spacial score (nSPS) is 15.5. The number of anilines is 1. The number of aryl methyl sites for hydroxylation is 1. The summed E-state index contributed by atoms with van der Waals surface area (Å²) in [5.41, 5.74) is 0. The number of aromatic nitrogens is 4. The molecule has 0 radical (unpaired) electrons. The molecule has 0 atom stereocenters. The zero-order valence-electron chi connectivity index (χ0n) is 11.9. The van der Waals surface area contributed by atoms with E-state index < -0.39 is 0 Å². The van der Waals surface area contributed by atoms with Crippen molar-refractivity contribution in [3.8, 4) is 0 Å². The molecule has 1 fully saturated rings. The van der Waals surface area contributed by atoms with Crippen LogP contribution in [0, 0.1) is 0 Å². The van der Waals surface area contributed by atoms with Crippen LogP contribution in [0.2, 0.25) is 0 Å². The molecular weight excluding hydrogens is 288 g/mol. The van der Waals surface area contributed by atoms with Crippen LogP contribution in [-0.2, 0) is 6.42 Å². The molecule has 21 heavy (non-hydrogen) atoms. The fourth-order valence-corrected chi connectivity index (χ4v) is 3.05. The monoisotopic (exact) mass is 306 g/mol. The molecule has 0 aliphatic carbocycles. The van der Waals surface area contributed by atoms with Crippen LogP contribution in [-0.4, -0.2) is 57.2 Å². The molecule has 1 saturated heterocycles. The summed E-state index contributed by atoms with van der Waals surface area (Å²) in [6.45, 7) is 5.02. The Hall–Kier alpha value is -1.96. The number of hydrogen-bond donors (Lipinski definition) is 1. The third-order valence-electron chi connectivity index (χ3n) is 3.47. The van der Waals surface area contributed by atoms with Gasteiger partial charge < -0.3 is 9.80 Å². The number of carbonyl (C=O) groups excluding carboxylic acids is 1. The highest BCUT2D eigenvalue weighted by atomic mass is 32.1. The highest BCUT2D eigenvalue weighted by Gasteiger charge is 2.25. The number of H-pyrrole nitrogens is 1. The van der Waals surface area contributed by atoms with Gasteiger partial charge in [-0.1, -0.05) is 6.92 Å². The molecule has 1 aliphatic heterocycles. The van der Waals surface area contributed by atoms with E-state index in [1.165, 1.54) is 0 Å². The first kappa shape index (κ1) is 14.0. The van der Waals surface area contributed by atoms with Gasteiger partial charge in [-0.25, -0.2) is 9.97 Å². The Balaban J connectivity index is 1.59. The molecule has 3 heterocycles. The van der Waals surface area contributed by atoms with E-state index in [1.54, 1.807) is 17.5 Å². The number of nitrogens with zero attached hydrogens (tertiary/aromatic N) is 5. The minimum Gasteiger partial charge on any atom is -0.345 e. The third kappa shape index (κ3) is 3.05. The Labute approximate surface area is 127 Å². The van der Waals surface area contributed by atoms with E-state index >= 15 is 0 Å². The second kappa shape index (κ2) is 6.21. The van der Waals surface area contributed by atoms with Gasteiger partial charge in [-0.3, -0.25) is 9.89 Å². The molecule has 0 aromatic carbocycles. The van der Waals surface area contributed by atoms with Gasteiger partial charge in [0.05, 0.1) is 0 Å². The van der Waals surface area contributed by atoms with Crippen molar-refractivity contribution in [2.75, 3.05) is 31.1 Å². The van der Waals surface area contributed by atoms with Crippen molar-refractivity contribution in [3.63, 3.8) is 0 Å². The van der Waals surface area contributed by atoms with Crippen molar-refractivity contribution in [2.45, 2.75) is 19.8 Å². The number of rotatable bonds is 4. The van der Waals surface area contributed by atoms with Crippen LogP contribution >= 0.6 is 11.3 Å². The van der Waals surface area contributed by atoms with E-state index in [2.05, 4.69) is 32.0 Å². The number of carbonyl (C=O) groups is 1. The molecule has 0 bridgehead atoms. The van der Waals surface area contributed by atoms with Crippen LogP contribution in [0.1, 0.15) is 29.8 Å². The average Bonchev–Trinajstić information content (AvgIpc) is 3.19. The van der Waals surface area contributed by atoms with Crippen molar-refractivity contribution in [1.82, 2.24) is 25.1 Å². The van der Waals surface area contributed by atoms with Crippen LogP contribution in [0.25, 0.3) is 0 Å². The molecule has 3 rings (SSSR count). The summed E-state index contributed by atoms with van der Waals surface area (Å²) < 4.78 is 0. The van der Waals surface area contributed by atoms with Gasteiger partial charge in [-0.15, -0.1) is 16.4 Å². The smallest absolute Gasteiger partial charge is 0.293 e. The van der Waals surface area contributed by atoms with Crippen molar-refractivity contribution in [3.05, 3.63) is 23.2 Å². The lowest BCUT2D eigenvalue weighted by atomic mass is 10.3. The molecule has 7 nitrogen and oxygen atoms in total. The number of piperazine rings is 1. The van der Waals surface area contributed by atoms with Gasteiger partial charge in [-0.2, -0.15) is 0 Å². The van der Waals surface area contributed by atoms with Crippen LogP contribution in [0.15, 0.2) is 11.6 Å². The van der Waals surface area contributed by atoms with Crippen LogP contribution < -0.4 is 4.90 Å². The quantitative estimate of drug-likeness (QED) is 0.917. The number of amides is 1. The molecule has 2 aromatic heterocycles. The fraction of sp³-hybridized carbons (Fsp3) is 0.538. The Kier molecular flexibility index (Phi) is 4.14. The maximum absolute atomic E-state index is 12.4. The lowest BCUT2D eigenvalue weighted by Gasteiger charge is -2.33. The van der Waals surface area contributed by atoms with E-state index in [0.717, 1.165) is 36.9 Å². The van der Waals surface area contributed by atoms with E-state index in [1.807, 2.05) is 10.3 Å². The minimum absolute atomic E-state index is 0.0904. The maximum atomic E-state index is 12.4. The lowest BCUT2D eigenvalue weighted by Crippen LogP contribution is -2.49. The van der Waals surface area contributed by atoms with Gasteiger partial charge in [-0.05, 0) is 6.42 Å². The van der Waals surface area contributed by atoms with E-state index in [4.69, 9.17) is 0 Å². The maximum Gasteiger partial charge on any atom is 0.293 e. The SMILES string of the molecule is CCCc1nc(C(=O)N2CCN(c3nccs3)CC2)n[nH]1. The Morgan fingerprint density at radius 3 is 2.86 bits per heavy atom. The first-order valence-corrected chi connectivity index (χ1v) is 8.01. The summed E-state index contributed by atoms with van der Waals surface area (Å²) in [4.78, 5) is 24.9. The standard InChI is InChI=1S/C13H18N6OS/c1-2-3-10-15-11(17-16-10)12(20)18-5-7-19(8-6-18)13-14-4-9-21-13/h4,9H,2-3,5-8H2,1H3,(H,15,16,17). The number of aromatic amines is 1. The first-order chi connectivity index (χ1) is 10.3. The number of hydrogen-bond acceptors (Lipinski definition) is 6. The summed E-state index contributed by atoms with van der Waals surface area (Å²) in [6, 6.07) is 0. The minimum atomic E-state index is -0.0904. The molecule has 2 aromatic rings. The lowest BCUT2D eigenvalue weighted by molar-refractivity contribution is 0.0735. The highest BCUT2D eigenvalue weighted by molar-refractivity contribution is 7.13. The second-order valence-corrected chi connectivity index (χ2v) is 5.82. The zero-order valence-corrected chi connectivity index (χ0v) is 12.8. The molecule has 1 amide bonds. The Morgan fingerprint density at radius 1 is 1.38 bits per heavy atom. The van der Waals surface area contributed by atoms with Gasteiger partial charge in [0.2, 0.25) is 5.82 Å². The fourth-order valence-electron chi connectivity index (χ4n) is 2.35. The van der Waals surface area contributed by atoms with Gasteiger partial charge >= 0.3 is 0 Å². The zero-order chi connectivity index (χ0) is 14.7.